The van der Waals surface area contributed by atoms with Gasteiger partial charge in [-0.2, -0.15) is 0 Å². The highest BCUT2D eigenvalue weighted by molar-refractivity contribution is 7.99. The van der Waals surface area contributed by atoms with E-state index in [1.165, 1.54) is 18.2 Å². The Balaban J connectivity index is 2.37. The number of aldehydes is 1. The van der Waals surface area contributed by atoms with Crippen molar-refractivity contribution in [3.05, 3.63) is 35.5 Å². The third-order valence-electron chi connectivity index (χ3n) is 1.82. The van der Waals surface area contributed by atoms with Crippen LogP contribution in [0.2, 0.25) is 0 Å². The van der Waals surface area contributed by atoms with E-state index >= 15 is 0 Å². The number of hydrogen-bond donors (Lipinski definition) is 0. The maximum absolute atomic E-state index is 13.5. The Morgan fingerprint density at radius 3 is 2.88 bits per heavy atom. The van der Waals surface area contributed by atoms with Gasteiger partial charge in [-0.3, -0.25) is 4.79 Å². The van der Waals surface area contributed by atoms with Crippen LogP contribution >= 0.6 is 11.8 Å². The summed E-state index contributed by atoms with van der Waals surface area (Å²) >= 11 is 0.940. The van der Waals surface area contributed by atoms with E-state index < -0.39 is 5.82 Å². The molecule has 0 bridgehead atoms. The summed E-state index contributed by atoms with van der Waals surface area (Å²) in [6, 6.07) is 4.28. The Kier molecular flexibility index (Phi) is 3.00. The maximum atomic E-state index is 13.5. The van der Waals surface area contributed by atoms with Crippen LogP contribution in [0.4, 0.5) is 4.39 Å². The van der Waals surface area contributed by atoms with Crippen LogP contribution in [0.5, 0.6) is 0 Å². The number of carbonyl (C=O) groups is 1. The summed E-state index contributed by atoms with van der Waals surface area (Å²) in [4.78, 5) is 10.9. The Morgan fingerprint density at radius 1 is 1.44 bits per heavy atom. The standard InChI is InChI=1S/C10H7FN2O2S/c1-6-12-13-10(15-6)16-9-7(5-14)3-2-4-8(9)11/h2-5H,1H3. The van der Waals surface area contributed by atoms with E-state index in [4.69, 9.17) is 4.42 Å². The lowest BCUT2D eigenvalue weighted by molar-refractivity contribution is 0.112. The molecule has 0 saturated carbocycles. The molecular formula is C10H7FN2O2S. The first-order valence-electron chi connectivity index (χ1n) is 4.42. The Labute approximate surface area is 94.9 Å². The van der Waals surface area contributed by atoms with Crippen molar-refractivity contribution in [2.24, 2.45) is 0 Å². The lowest BCUT2D eigenvalue weighted by Gasteiger charge is -2.01. The number of benzene rings is 1. The fourth-order valence-electron chi connectivity index (χ4n) is 1.13. The topological polar surface area (TPSA) is 56.0 Å². The van der Waals surface area contributed by atoms with Crippen molar-refractivity contribution >= 4 is 18.0 Å². The van der Waals surface area contributed by atoms with Gasteiger partial charge in [0.25, 0.3) is 5.22 Å². The second-order valence-corrected chi connectivity index (χ2v) is 3.93. The van der Waals surface area contributed by atoms with Gasteiger partial charge in [-0.1, -0.05) is 12.1 Å². The molecule has 1 aromatic carbocycles. The largest absolute Gasteiger partial charge is 0.416 e. The average Bonchev–Trinajstić information content (AvgIpc) is 2.67. The predicted molar refractivity (Wildman–Crippen MR) is 54.9 cm³/mol. The monoisotopic (exact) mass is 238 g/mol. The summed E-state index contributed by atoms with van der Waals surface area (Å²) in [6.45, 7) is 1.64. The Morgan fingerprint density at radius 2 is 2.25 bits per heavy atom. The summed E-state index contributed by atoms with van der Waals surface area (Å²) in [7, 11) is 0. The molecule has 2 rings (SSSR count). The zero-order valence-electron chi connectivity index (χ0n) is 8.31. The van der Waals surface area contributed by atoms with Crippen LogP contribution in [0.25, 0.3) is 0 Å². The lowest BCUT2D eigenvalue weighted by Crippen LogP contribution is -1.89. The number of nitrogens with zero attached hydrogens (tertiary/aromatic N) is 2. The highest BCUT2D eigenvalue weighted by Crippen LogP contribution is 2.30. The van der Waals surface area contributed by atoms with E-state index in [9.17, 15) is 9.18 Å². The van der Waals surface area contributed by atoms with Gasteiger partial charge in [0.15, 0.2) is 6.29 Å². The molecule has 0 amide bonds. The van der Waals surface area contributed by atoms with E-state index in [1.54, 1.807) is 6.92 Å². The Bertz CT molecular complexity index is 527. The third-order valence-corrected chi connectivity index (χ3v) is 2.80. The van der Waals surface area contributed by atoms with Crippen molar-refractivity contribution in [2.75, 3.05) is 0 Å². The van der Waals surface area contributed by atoms with Crippen LogP contribution in [0, 0.1) is 12.7 Å². The molecule has 0 unspecified atom stereocenters. The second-order valence-electron chi connectivity index (χ2n) is 2.97. The highest BCUT2D eigenvalue weighted by Gasteiger charge is 2.13. The van der Waals surface area contributed by atoms with Crippen molar-refractivity contribution in [3.8, 4) is 0 Å². The molecular weight excluding hydrogens is 231 g/mol. The van der Waals surface area contributed by atoms with Crippen molar-refractivity contribution in [1.82, 2.24) is 10.2 Å². The van der Waals surface area contributed by atoms with Crippen LogP contribution in [0.3, 0.4) is 0 Å². The molecule has 0 aliphatic heterocycles. The number of rotatable bonds is 3. The van der Waals surface area contributed by atoms with Crippen molar-refractivity contribution < 1.29 is 13.6 Å². The number of halogens is 1. The van der Waals surface area contributed by atoms with Crippen LogP contribution in [0.1, 0.15) is 16.2 Å². The van der Waals surface area contributed by atoms with Crippen LogP contribution in [-0.4, -0.2) is 16.5 Å². The fourth-order valence-corrected chi connectivity index (χ4v) is 1.95. The van der Waals surface area contributed by atoms with Gasteiger partial charge in [0.1, 0.15) is 5.82 Å². The molecule has 82 valence electrons. The number of hydrogen-bond acceptors (Lipinski definition) is 5. The summed E-state index contributed by atoms with van der Waals surface area (Å²) in [5.41, 5.74) is 0.265. The Hall–Kier alpha value is -1.69. The van der Waals surface area contributed by atoms with E-state index in [1.807, 2.05) is 0 Å². The van der Waals surface area contributed by atoms with Crippen LogP contribution in [0.15, 0.2) is 32.7 Å². The second kappa shape index (κ2) is 4.44. The van der Waals surface area contributed by atoms with Crippen molar-refractivity contribution in [1.29, 1.82) is 0 Å². The maximum Gasteiger partial charge on any atom is 0.281 e. The first-order chi connectivity index (χ1) is 7.70. The fraction of sp³-hybridized carbons (Fsp3) is 0.100. The minimum atomic E-state index is -0.481. The number of carbonyl (C=O) groups excluding carboxylic acids is 1. The van der Waals surface area contributed by atoms with Gasteiger partial charge in [0, 0.05) is 12.5 Å². The van der Waals surface area contributed by atoms with E-state index in [-0.39, 0.29) is 15.7 Å². The summed E-state index contributed by atoms with van der Waals surface area (Å²) in [6.07, 6.45) is 0.592. The predicted octanol–water partition coefficient (Wildman–Crippen LogP) is 2.48. The van der Waals surface area contributed by atoms with Crippen molar-refractivity contribution in [3.63, 3.8) is 0 Å². The van der Waals surface area contributed by atoms with Gasteiger partial charge >= 0.3 is 0 Å². The molecule has 0 radical (unpaired) electrons. The molecule has 0 aliphatic carbocycles. The van der Waals surface area contributed by atoms with Gasteiger partial charge in [-0.25, -0.2) is 4.39 Å². The summed E-state index contributed by atoms with van der Waals surface area (Å²) < 4.78 is 18.6. The highest BCUT2D eigenvalue weighted by atomic mass is 32.2. The first kappa shape index (κ1) is 10.8. The summed E-state index contributed by atoms with van der Waals surface area (Å²) in [5, 5.41) is 7.55. The molecule has 16 heavy (non-hydrogen) atoms. The van der Waals surface area contributed by atoms with Crippen molar-refractivity contribution in [2.45, 2.75) is 17.0 Å². The zero-order chi connectivity index (χ0) is 11.5. The molecule has 0 saturated heterocycles. The molecule has 2 aromatic rings. The molecule has 0 fully saturated rings. The molecule has 6 heteroatoms. The number of aromatic nitrogens is 2. The lowest BCUT2D eigenvalue weighted by atomic mass is 10.2. The molecule has 0 atom stereocenters. The van der Waals surface area contributed by atoms with Gasteiger partial charge < -0.3 is 4.42 Å². The molecule has 0 spiro atoms. The normalized spacial score (nSPS) is 10.4. The van der Waals surface area contributed by atoms with Gasteiger partial charge in [-0.15, -0.1) is 10.2 Å². The van der Waals surface area contributed by atoms with Gasteiger partial charge in [0.05, 0.1) is 4.90 Å². The quantitative estimate of drug-likeness (QED) is 0.769. The molecule has 4 nitrogen and oxygen atoms in total. The molecule has 0 N–H and O–H groups in total. The number of aryl methyl sites for hydroxylation is 1. The molecule has 1 heterocycles. The zero-order valence-corrected chi connectivity index (χ0v) is 9.12. The average molecular weight is 238 g/mol. The molecule has 1 aromatic heterocycles. The van der Waals surface area contributed by atoms with E-state index in [0.29, 0.717) is 12.2 Å². The van der Waals surface area contributed by atoms with Crippen LogP contribution < -0.4 is 0 Å². The van der Waals surface area contributed by atoms with Gasteiger partial charge in [0.2, 0.25) is 5.89 Å². The van der Waals surface area contributed by atoms with E-state index in [0.717, 1.165) is 11.8 Å². The van der Waals surface area contributed by atoms with E-state index in [2.05, 4.69) is 10.2 Å². The minimum absolute atomic E-state index is 0.196. The smallest absolute Gasteiger partial charge is 0.281 e. The SMILES string of the molecule is Cc1nnc(Sc2c(F)cccc2C=O)o1. The first-order valence-corrected chi connectivity index (χ1v) is 5.24. The third kappa shape index (κ3) is 2.11. The van der Waals surface area contributed by atoms with Gasteiger partial charge in [-0.05, 0) is 17.8 Å². The molecule has 0 aliphatic rings. The summed E-state index contributed by atoms with van der Waals surface area (Å²) in [5.74, 6) is -0.0862. The van der Waals surface area contributed by atoms with Crippen LogP contribution in [-0.2, 0) is 0 Å². The minimum Gasteiger partial charge on any atom is -0.416 e.